The number of fused-ring (bicyclic) bond motifs is 1. The first kappa shape index (κ1) is 18.4. The van der Waals surface area contributed by atoms with E-state index < -0.39 is 12.3 Å². The first-order chi connectivity index (χ1) is 13.4. The highest BCUT2D eigenvalue weighted by Crippen LogP contribution is 2.31. The van der Waals surface area contributed by atoms with Gasteiger partial charge in [-0.05, 0) is 19.1 Å². The monoisotopic (exact) mass is 401 g/mol. The number of pyridine rings is 1. The number of alkyl halides is 1. The van der Waals surface area contributed by atoms with E-state index in [1.54, 1.807) is 6.20 Å². The average Bonchev–Trinajstić information content (AvgIpc) is 3.35. The second-order valence-corrected chi connectivity index (χ2v) is 7.93. The van der Waals surface area contributed by atoms with Crippen LogP contribution in [0.25, 0.3) is 10.9 Å². The lowest BCUT2D eigenvalue weighted by Crippen LogP contribution is -2.30. The number of thiazole rings is 1. The maximum Gasteiger partial charge on any atom is 0.246 e. The zero-order valence-corrected chi connectivity index (χ0v) is 16.4. The third-order valence-electron chi connectivity index (χ3n) is 4.65. The van der Waals surface area contributed by atoms with Crippen LogP contribution >= 0.6 is 11.3 Å². The van der Waals surface area contributed by atoms with Gasteiger partial charge in [0.05, 0.1) is 24.0 Å². The predicted octanol–water partition coefficient (Wildman–Crippen LogP) is 3.20. The summed E-state index contributed by atoms with van der Waals surface area (Å²) in [5.41, 5.74) is 0.896. The average molecular weight is 401 g/mol. The molecule has 1 amide bonds. The van der Waals surface area contributed by atoms with Crippen molar-refractivity contribution in [1.29, 1.82) is 0 Å². The number of aromatic nitrogens is 3. The SMILES string of the molecule is C=CC(=O)N1C[C@@H](F)[C@H](Oc2nc(Nc3ncc(C)s3)cc3c2ccn3C)C1. The third kappa shape index (κ3) is 3.45. The molecule has 1 N–H and O–H groups in total. The molecular formula is C19H20FN5O2S. The number of nitrogens with one attached hydrogen (secondary N) is 1. The fourth-order valence-corrected chi connectivity index (χ4v) is 3.88. The molecule has 0 bridgehead atoms. The van der Waals surface area contributed by atoms with Gasteiger partial charge in [-0.3, -0.25) is 4.79 Å². The topological polar surface area (TPSA) is 72.3 Å². The number of carbonyl (C=O) groups is 1. The van der Waals surface area contributed by atoms with Gasteiger partial charge >= 0.3 is 0 Å². The molecular weight excluding hydrogens is 381 g/mol. The second-order valence-electron chi connectivity index (χ2n) is 6.69. The third-order valence-corrected chi connectivity index (χ3v) is 5.48. The summed E-state index contributed by atoms with van der Waals surface area (Å²) in [5, 5.41) is 4.68. The van der Waals surface area contributed by atoms with Gasteiger partial charge in [-0.1, -0.05) is 6.58 Å². The van der Waals surface area contributed by atoms with E-state index in [0.717, 1.165) is 20.9 Å². The number of hydrogen-bond acceptors (Lipinski definition) is 6. The summed E-state index contributed by atoms with van der Waals surface area (Å²) in [6.07, 6.45) is 2.79. The van der Waals surface area contributed by atoms with Crippen LogP contribution in [0, 0.1) is 6.92 Å². The lowest BCUT2D eigenvalue weighted by Gasteiger charge is -2.17. The van der Waals surface area contributed by atoms with E-state index in [4.69, 9.17) is 4.74 Å². The van der Waals surface area contributed by atoms with E-state index in [0.29, 0.717) is 11.7 Å². The van der Waals surface area contributed by atoms with E-state index >= 15 is 0 Å². The minimum atomic E-state index is -1.29. The summed E-state index contributed by atoms with van der Waals surface area (Å²) in [4.78, 5) is 23.1. The molecule has 0 aromatic carbocycles. The number of carbonyl (C=O) groups excluding carboxylic acids is 1. The van der Waals surface area contributed by atoms with Gasteiger partial charge in [0, 0.05) is 30.4 Å². The molecule has 1 aliphatic heterocycles. The lowest BCUT2D eigenvalue weighted by atomic mass is 10.2. The first-order valence-electron chi connectivity index (χ1n) is 8.82. The van der Waals surface area contributed by atoms with Gasteiger partial charge in [0.2, 0.25) is 11.8 Å². The Balaban J connectivity index is 1.64. The maximum atomic E-state index is 14.5. The fraction of sp³-hybridized carbons (Fsp3) is 0.316. The van der Waals surface area contributed by atoms with Crippen molar-refractivity contribution in [2.45, 2.75) is 19.2 Å². The van der Waals surface area contributed by atoms with E-state index in [9.17, 15) is 9.18 Å². The largest absolute Gasteiger partial charge is 0.469 e. The van der Waals surface area contributed by atoms with Crippen LogP contribution in [-0.4, -0.2) is 50.7 Å². The molecule has 9 heteroatoms. The summed E-state index contributed by atoms with van der Waals surface area (Å²) < 4.78 is 22.3. The molecule has 0 unspecified atom stereocenters. The number of rotatable bonds is 5. The highest BCUT2D eigenvalue weighted by Gasteiger charge is 2.37. The number of anilines is 2. The molecule has 1 fully saturated rings. The summed E-state index contributed by atoms with van der Waals surface area (Å²) in [6.45, 7) is 5.58. The van der Waals surface area contributed by atoms with Gasteiger partial charge in [0.1, 0.15) is 5.82 Å². The van der Waals surface area contributed by atoms with Crippen LogP contribution in [-0.2, 0) is 11.8 Å². The minimum Gasteiger partial charge on any atom is -0.469 e. The molecule has 28 heavy (non-hydrogen) atoms. The minimum absolute atomic E-state index is 0.0101. The van der Waals surface area contributed by atoms with Crippen LogP contribution in [0.15, 0.2) is 37.2 Å². The molecule has 3 aromatic rings. The number of nitrogens with zero attached hydrogens (tertiary/aromatic N) is 4. The number of likely N-dealkylation sites (tertiary alicyclic amines) is 1. The number of halogens is 1. The van der Waals surface area contributed by atoms with E-state index in [1.165, 1.54) is 22.3 Å². The van der Waals surface area contributed by atoms with Crippen molar-refractivity contribution < 1.29 is 13.9 Å². The molecule has 3 aromatic heterocycles. The second kappa shape index (κ2) is 7.23. The van der Waals surface area contributed by atoms with Gasteiger partial charge in [-0.25, -0.2) is 9.37 Å². The Hall–Kier alpha value is -2.94. The van der Waals surface area contributed by atoms with Crippen LogP contribution < -0.4 is 10.1 Å². The summed E-state index contributed by atoms with van der Waals surface area (Å²) in [5.74, 6) is 0.585. The molecule has 2 atom stereocenters. The van der Waals surface area contributed by atoms with Crippen molar-refractivity contribution in [2.24, 2.45) is 7.05 Å². The van der Waals surface area contributed by atoms with Gasteiger partial charge in [0.25, 0.3) is 0 Å². The summed E-state index contributed by atoms with van der Waals surface area (Å²) in [7, 11) is 1.92. The van der Waals surface area contributed by atoms with Crippen molar-refractivity contribution in [3.63, 3.8) is 0 Å². The zero-order valence-electron chi connectivity index (χ0n) is 15.6. The molecule has 1 saturated heterocycles. The van der Waals surface area contributed by atoms with Crippen LogP contribution in [0.4, 0.5) is 15.3 Å². The van der Waals surface area contributed by atoms with Crippen molar-refractivity contribution in [3.8, 4) is 5.88 Å². The Morgan fingerprint density at radius 2 is 2.32 bits per heavy atom. The molecule has 1 aliphatic rings. The van der Waals surface area contributed by atoms with E-state index in [-0.39, 0.29) is 19.0 Å². The Morgan fingerprint density at radius 1 is 1.50 bits per heavy atom. The van der Waals surface area contributed by atoms with Crippen LogP contribution in [0.3, 0.4) is 0 Å². The Morgan fingerprint density at radius 3 is 3.04 bits per heavy atom. The van der Waals surface area contributed by atoms with Gasteiger partial charge in [0.15, 0.2) is 17.4 Å². The van der Waals surface area contributed by atoms with Crippen LogP contribution in [0.5, 0.6) is 5.88 Å². The maximum absolute atomic E-state index is 14.5. The van der Waals surface area contributed by atoms with Crippen LogP contribution in [0.2, 0.25) is 0 Å². The number of ether oxygens (including phenoxy) is 1. The Kier molecular flexibility index (Phi) is 4.76. The van der Waals surface area contributed by atoms with Crippen molar-refractivity contribution in [1.82, 2.24) is 19.4 Å². The lowest BCUT2D eigenvalue weighted by molar-refractivity contribution is -0.125. The molecule has 0 aliphatic carbocycles. The number of amides is 1. The normalized spacial score (nSPS) is 19.2. The van der Waals surface area contributed by atoms with E-state index in [1.807, 2.05) is 36.9 Å². The smallest absolute Gasteiger partial charge is 0.246 e. The Labute approximate surface area is 165 Å². The molecule has 0 spiro atoms. The molecule has 4 heterocycles. The first-order valence-corrected chi connectivity index (χ1v) is 9.64. The summed E-state index contributed by atoms with van der Waals surface area (Å²) >= 11 is 1.52. The van der Waals surface area contributed by atoms with Gasteiger partial charge in [-0.2, -0.15) is 4.98 Å². The zero-order chi connectivity index (χ0) is 19.8. The number of hydrogen-bond donors (Lipinski definition) is 1. The molecule has 0 saturated carbocycles. The van der Waals surface area contributed by atoms with Crippen molar-refractivity contribution in [2.75, 3.05) is 18.4 Å². The Bertz CT molecular complexity index is 1050. The summed E-state index contributed by atoms with van der Waals surface area (Å²) in [6, 6.07) is 3.78. The fourth-order valence-electron chi connectivity index (χ4n) is 3.21. The van der Waals surface area contributed by atoms with Gasteiger partial charge in [-0.15, -0.1) is 11.3 Å². The van der Waals surface area contributed by atoms with E-state index in [2.05, 4.69) is 21.9 Å². The highest BCUT2D eigenvalue weighted by atomic mass is 32.1. The standard InChI is InChI=1S/C19H20FN5O2S/c1-4-17(26)25-9-13(20)15(10-25)27-18-12-5-6-24(3)14(12)7-16(22-18)23-19-21-8-11(2)28-19/h4-8,13,15H,1,9-10H2,2-3H3,(H,21,22,23)/t13-,15-/m1/s1. The quantitative estimate of drug-likeness (QED) is 0.665. The molecule has 146 valence electrons. The van der Waals surface area contributed by atoms with Crippen molar-refractivity contribution in [3.05, 3.63) is 42.1 Å². The van der Waals surface area contributed by atoms with Crippen LogP contribution in [0.1, 0.15) is 4.88 Å². The highest BCUT2D eigenvalue weighted by molar-refractivity contribution is 7.15. The number of aryl methyl sites for hydroxylation is 2. The molecule has 4 rings (SSSR count). The molecule has 0 radical (unpaired) electrons. The molecule has 7 nitrogen and oxygen atoms in total. The van der Waals surface area contributed by atoms with Crippen molar-refractivity contribution >= 4 is 39.1 Å². The predicted molar refractivity (Wildman–Crippen MR) is 107 cm³/mol. The van der Waals surface area contributed by atoms with Gasteiger partial charge < -0.3 is 19.5 Å².